The Morgan fingerprint density at radius 2 is 1.82 bits per heavy atom. The topological polar surface area (TPSA) is 96.7 Å². The summed E-state index contributed by atoms with van der Waals surface area (Å²) >= 11 is 19.1. The van der Waals surface area contributed by atoms with Crippen LogP contribution in [0.15, 0.2) is 50.4 Å². The van der Waals surface area contributed by atoms with Crippen molar-refractivity contribution in [3.63, 3.8) is 0 Å². The molecule has 1 aromatic heterocycles. The van der Waals surface area contributed by atoms with Crippen molar-refractivity contribution in [3.8, 4) is 16.9 Å². The molecule has 6 rings (SSSR count). The van der Waals surface area contributed by atoms with E-state index in [-0.39, 0.29) is 11.5 Å². The lowest BCUT2D eigenvalue weighted by Gasteiger charge is -2.12. The molecular weight excluding hydrogens is 487 g/mol. The number of aromatic amines is 2. The number of hydrogen-bond acceptors (Lipinski definition) is 4. The summed E-state index contributed by atoms with van der Waals surface area (Å²) in [5.74, 6) is -0.236. The van der Waals surface area contributed by atoms with Crippen LogP contribution >= 0.6 is 34.8 Å². The maximum Gasteiger partial charge on any atom is 0.417 e. The third-order valence-corrected chi connectivity index (χ3v) is 6.61. The number of oxazole rings is 1. The fraction of sp³-hybridized carbons (Fsp3) is 0.174. The molecule has 33 heavy (non-hydrogen) atoms. The number of aromatic nitrogens is 4. The van der Waals surface area contributed by atoms with Crippen molar-refractivity contribution >= 4 is 45.9 Å². The summed E-state index contributed by atoms with van der Waals surface area (Å²) in [4.78, 5) is 31.6. The Hall–Kier alpha value is -3.00. The van der Waals surface area contributed by atoms with Crippen LogP contribution in [0.25, 0.3) is 28.0 Å². The van der Waals surface area contributed by atoms with Gasteiger partial charge in [-0.1, -0.05) is 40.9 Å². The molecule has 2 aliphatic heterocycles. The fourth-order valence-corrected chi connectivity index (χ4v) is 5.21. The second kappa shape index (κ2) is 7.52. The number of rotatable bonds is 4. The lowest BCUT2D eigenvalue weighted by atomic mass is 10.0. The second-order valence-electron chi connectivity index (χ2n) is 8.19. The Morgan fingerprint density at radius 1 is 1.06 bits per heavy atom. The summed E-state index contributed by atoms with van der Waals surface area (Å²) in [5, 5.41) is 4.49. The van der Waals surface area contributed by atoms with E-state index in [1.165, 1.54) is 0 Å². The molecule has 0 atom stereocenters. The van der Waals surface area contributed by atoms with Crippen molar-refractivity contribution < 1.29 is 4.42 Å². The first-order valence-corrected chi connectivity index (χ1v) is 11.4. The summed E-state index contributed by atoms with van der Waals surface area (Å²) in [6, 6.07) is 10.5. The number of nitrogens with one attached hydrogen (secondary N) is 2. The van der Waals surface area contributed by atoms with Gasteiger partial charge in [-0.25, -0.2) is 9.78 Å². The molecule has 166 valence electrons. The summed E-state index contributed by atoms with van der Waals surface area (Å²) in [6.07, 6.45) is 2.39. The number of halogens is 3. The van der Waals surface area contributed by atoms with Crippen LogP contribution in [-0.4, -0.2) is 19.7 Å². The molecule has 0 saturated heterocycles. The van der Waals surface area contributed by atoms with E-state index in [1.807, 2.05) is 18.2 Å². The second-order valence-corrected chi connectivity index (χ2v) is 9.44. The van der Waals surface area contributed by atoms with Crippen molar-refractivity contribution in [2.75, 3.05) is 0 Å². The van der Waals surface area contributed by atoms with Crippen LogP contribution in [-0.2, 0) is 6.42 Å². The molecule has 0 spiro atoms. The molecule has 1 saturated carbocycles. The smallest absolute Gasteiger partial charge is 0.408 e. The number of benzene rings is 2. The Balaban J connectivity index is 1.52. The van der Waals surface area contributed by atoms with Gasteiger partial charge in [0, 0.05) is 17.4 Å². The number of fused-ring (bicyclic) bond motifs is 2. The normalized spacial score (nSPS) is 13.9. The molecule has 0 amide bonds. The third-order valence-electron chi connectivity index (χ3n) is 5.82. The molecule has 7 nitrogen and oxygen atoms in total. The molecule has 3 aliphatic rings. The average Bonchev–Trinajstić information content (AvgIpc) is 3.42. The van der Waals surface area contributed by atoms with Gasteiger partial charge in [0.2, 0.25) is 0 Å². The van der Waals surface area contributed by atoms with E-state index in [0.717, 1.165) is 24.1 Å². The van der Waals surface area contributed by atoms with E-state index in [9.17, 15) is 9.59 Å². The molecule has 0 unspecified atom stereocenters. The predicted molar refractivity (Wildman–Crippen MR) is 127 cm³/mol. The highest BCUT2D eigenvalue weighted by Gasteiger charge is 2.33. The average molecular weight is 502 g/mol. The van der Waals surface area contributed by atoms with Gasteiger partial charge in [0.1, 0.15) is 5.69 Å². The molecule has 3 heterocycles. The van der Waals surface area contributed by atoms with E-state index in [2.05, 4.69) is 15.1 Å². The number of nitrogens with zero attached hydrogens (tertiary/aromatic N) is 2. The minimum Gasteiger partial charge on any atom is -0.408 e. The van der Waals surface area contributed by atoms with E-state index in [1.54, 1.807) is 22.9 Å². The summed E-state index contributed by atoms with van der Waals surface area (Å²) in [7, 11) is 0. The van der Waals surface area contributed by atoms with Crippen LogP contribution in [0.5, 0.6) is 0 Å². The van der Waals surface area contributed by atoms with Crippen molar-refractivity contribution in [1.82, 2.24) is 19.7 Å². The van der Waals surface area contributed by atoms with Gasteiger partial charge in [-0.3, -0.25) is 19.6 Å². The summed E-state index contributed by atoms with van der Waals surface area (Å²) < 4.78 is 6.80. The Kier molecular flexibility index (Phi) is 4.69. The predicted octanol–water partition coefficient (Wildman–Crippen LogP) is 5.53. The van der Waals surface area contributed by atoms with Crippen LogP contribution in [0.4, 0.5) is 0 Å². The Morgan fingerprint density at radius 3 is 2.55 bits per heavy atom. The first kappa shape index (κ1) is 20.6. The van der Waals surface area contributed by atoms with Crippen LogP contribution in [0.2, 0.25) is 15.1 Å². The molecule has 2 aromatic carbocycles. The SMILES string of the molecule is O=c1[nH]c2cc(Cc3cc4n(-c5c(Cl)cc(Cl)cc5Cl)[nH]c(C5CC5)c-4c(=O)n3)ccc2o1. The summed E-state index contributed by atoms with van der Waals surface area (Å²) in [5.41, 5.74) is 4.76. The van der Waals surface area contributed by atoms with Crippen LogP contribution in [0, 0.1) is 0 Å². The van der Waals surface area contributed by atoms with Crippen LogP contribution in [0.1, 0.15) is 35.7 Å². The van der Waals surface area contributed by atoms with E-state index >= 15 is 0 Å². The van der Waals surface area contributed by atoms with Gasteiger partial charge in [-0.15, -0.1) is 0 Å². The molecule has 10 heteroatoms. The zero-order valence-corrected chi connectivity index (χ0v) is 19.2. The maximum absolute atomic E-state index is 13.1. The van der Waals surface area contributed by atoms with E-state index in [4.69, 9.17) is 39.2 Å². The zero-order chi connectivity index (χ0) is 22.9. The number of pyridine rings is 1. The largest absolute Gasteiger partial charge is 0.417 e. The highest BCUT2D eigenvalue weighted by Crippen LogP contribution is 2.45. The molecule has 0 radical (unpaired) electrons. The quantitative estimate of drug-likeness (QED) is 0.338. The van der Waals surface area contributed by atoms with E-state index in [0.29, 0.717) is 55.2 Å². The summed E-state index contributed by atoms with van der Waals surface area (Å²) in [6.45, 7) is 0. The minimum absolute atomic E-state index is 0.277. The molecule has 3 aromatic rings. The standard InChI is InChI=1S/C23H15Cl3N4O3/c24-12-7-14(25)21(15(26)8-12)30-17-9-13(27-22(31)19(17)20(29-30)11-2-3-11)5-10-1-4-18-16(6-10)28-23(32)33-18/h1,4,6-9,11,29H,2-3,5H2,(H,28,32). The molecule has 2 N–H and O–H groups in total. The lowest BCUT2D eigenvalue weighted by molar-refractivity contribution is 0.555. The monoisotopic (exact) mass is 500 g/mol. The van der Waals surface area contributed by atoms with Gasteiger partial charge in [-0.2, -0.15) is 0 Å². The highest BCUT2D eigenvalue weighted by molar-refractivity contribution is 6.40. The van der Waals surface area contributed by atoms with Gasteiger partial charge in [0.15, 0.2) is 5.58 Å². The van der Waals surface area contributed by atoms with Gasteiger partial charge in [0.05, 0.1) is 38.2 Å². The minimum atomic E-state index is -0.513. The highest BCUT2D eigenvalue weighted by atomic mass is 35.5. The van der Waals surface area contributed by atoms with Crippen molar-refractivity contribution in [2.24, 2.45) is 0 Å². The zero-order valence-electron chi connectivity index (χ0n) is 16.9. The Bertz CT molecular complexity index is 1620. The van der Waals surface area contributed by atoms with Gasteiger partial charge in [-0.05, 0) is 48.7 Å². The van der Waals surface area contributed by atoms with E-state index < -0.39 is 5.76 Å². The molecule has 1 fully saturated rings. The van der Waals surface area contributed by atoms with Gasteiger partial charge >= 0.3 is 5.76 Å². The molecule has 1 aliphatic carbocycles. The first-order chi connectivity index (χ1) is 15.9. The van der Waals surface area contributed by atoms with Crippen LogP contribution < -0.4 is 11.3 Å². The molecular formula is C23H15Cl3N4O3. The van der Waals surface area contributed by atoms with Gasteiger partial charge < -0.3 is 4.42 Å². The first-order valence-electron chi connectivity index (χ1n) is 10.3. The van der Waals surface area contributed by atoms with Gasteiger partial charge in [0.25, 0.3) is 5.56 Å². The fourth-order valence-electron chi connectivity index (χ4n) is 4.23. The lowest BCUT2D eigenvalue weighted by Crippen LogP contribution is -2.14. The number of H-pyrrole nitrogens is 2. The Labute approximate surface area is 201 Å². The van der Waals surface area contributed by atoms with Crippen molar-refractivity contribution in [2.45, 2.75) is 25.2 Å². The third kappa shape index (κ3) is 3.57. The number of hydrogen-bond donors (Lipinski definition) is 2. The van der Waals surface area contributed by atoms with Crippen molar-refractivity contribution in [1.29, 1.82) is 0 Å². The maximum atomic E-state index is 13.1. The van der Waals surface area contributed by atoms with Crippen molar-refractivity contribution in [3.05, 3.63) is 89.3 Å². The van der Waals surface area contributed by atoms with Crippen LogP contribution in [0.3, 0.4) is 0 Å². The molecule has 0 bridgehead atoms.